The number of rotatable bonds is 7. The standard InChI is InChI=1S/C15H25N3O3S2/c1-23(20,21)10-6-16-15(19)17-11-13-4-7-18(8-5-13)12-14-3-2-9-22-14/h2-3,9,13H,4-8,10-12H2,1H3,(H2,16,17,19). The Kier molecular flexibility index (Phi) is 6.86. The molecule has 0 bridgehead atoms. The smallest absolute Gasteiger partial charge is 0.314 e. The molecular weight excluding hydrogens is 334 g/mol. The number of amides is 2. The van der Waals surface area contributed by atoms with E-state index in [-0.39, 0.29) is 18.3 Å². The van der Waals surface area contributed by atoms with Crippen LogP contribution >= 0.6 is 11.3 Å². The minimum absolute atomic E-state index is 0.0263. The fraction of sp³-hybridized carbons (Fsp3) is 0.667. The minimum atomic E-state index is -3.03. The molecule has 0 aromatic carbocycles. The highest BCUT2D eigenvalue weighted by molar-refractivity contribution is 7.90. The third-order valence-corrected chi connectivity index (χ3v) is 5.78. The van der Waals surface area contributed by atoms with Gasteiger partial charge >= 0.3 is 6.03 Å². The van der Waals surface area contributed by atoms with Crippen molar-refractivity contribution in [2.45, 2.75) is 19.4 Å². The third-order valence-electron chi connectivity index (χ3n) is 3.98. The highest BCUT2D eigenvalue weighted by Gasteiger charge is 2.19. The van der Waals surface area contributed by atoms with Gasteiger partial charge in [0.25, 0.3) is 0 Å². The molecule has 2 N–H and O–H groups in total. The maximum Gasteiger partial charge on any atom is 0.314 e. The Morgan fingerprint density at radius 2 is 2.09 bits per heavy atom. The van der Waals surface area contributed by atoms with Gasteiger partial charge in [-0.15, -0.1) is 11.3 Å². The predicted molar refractivity (Wildman–Crippen MR) is 93.4 cm³/mol. The summed E-state index contributed by atoms with van der Waals surface area (Å²) in [5.74, 6) is 0.469. The van der Waals surface area contributed by atoms with Crippen LogP contribution in [0.4, 0.5) is 4.79 Å². The topological polar surface area (TPSA) is 78.5 Å². The van der Waals surface area contributed by atoms with Crippen LogP contribution in [0, 0.1) is 5.92 Å². The van der Waals surface area contributed by atoms with Crippen molar-refractivity contribution >= 4 is 27.2 Å². The van der Waals surface area contributed by atoms with Crippen LogP contribution in [0.3, 0.4) is 0 Å². The Labute approximate surface area is 142 Å². The van der Waals surface area contributed by atoms with Crippen molar-refractivity contribution in [1.82, 2.24) is 15.5 Å². The molecule has 2 rings (SSSR count). The highest BCUT2D eigenvalue weighted by atomic mass is 32.2. The number of hydrogen-bond donors (Lipinski definition) is 2. The van der Waals surface area contributed by atoms with E-state index in [1.807, 2.05) is 0 Å². The summed E-state index contributed by atoms with van der Waals surface area (Å²) < 4.78 is 22.0. The molecule has 2 amide bonds. The average molecular weight is 360 g/mol. The average Bonchev–Trinajstić information content (AvgIpc) is 2.98. The lowest BCUT2D eigenvalue weighted by Crippen LogP contribution is -2.42. The van der Waals surface area contributed by atoms with Crippen molar-refractivity contribution in [3.05, 3.63) is 22.4 Å². The van der Waals surface area contributed by atoms with Gasteiger partial charge in [0.1, 0.15) is 9.84 Å². The van der Waals surface area contributed by atoms with Crippen LogP contribution < -0.4 is 10.6 Å². The summed E-state index contributed by atoms with van der Waals surface area (Å²) >= 11 is 1.79. The van der Waals surface area contributed by atoms with Gasteiger partial charge in [0, 0.05) is 30.8 Å². The molecule has 8 heteroatoms. The van der Waals surface area contributed by atoms with Gasteiger partial charge in [-0.05, 0) is 43.3 Å². The number of carbonyl (C=O) groups excluding carboxylic acids is 1. The zero-order chi connectivity index (χ0) is 16.7. The van der Waals surface area contributed by atoms with Crippen LogP contribution in [0.25, 0.3) is 0 Å². The van der Waals surface area contributed by atoms with Gasteiger partial charge in [-0.2, -0.15) is 0 Å². The molecular formula is C15H25N3O3S2. The monoisotopic (exact) mass is 359 g/mol. The summed E-state index contributed by atoms with van der Waals surface area (Å²) in [5.41, 5.74) is 0. The number of piperidine rings is 1. The van der Waals surface area contributed by atoms with Crippen molar-refractivity contribution in [2.75, 3.05) is 38.2 Å². The Morgan fingerprint density at radius 3 is 2.70 bits per heavy atom. The Balaban J connectivity index is 1.58. The van der Waals surface area contributed by atoms with Crippen molar-refractivity contribution < 1.29 is 13.2 Å². The van der Waals surface area contributed by atoms with E-state index in [4.69, 9.17) is 0 Å². The minimum Gasteiger partial charge on any atom is -0.338 e. The highest BCUT2D eigenvalue weighted by Crippen LogP contribution is 2.20. The first kappa shape index (κ1) is 18.2. The first-order valence-electron chi connectivity index (χ1n) is 7.86. The van der Waals surface area contributed by atoms with Gasteiger partial charge in [-0.3, -0.25) is 4.90 Å². The number of carbonyl (C=O) groups is 1. The molecule has 1 saturated heterocycles. The number of likely N-dealkylation sites (tertiary alicyclic amines) is 1. The zero-order valence-corrected chi connectivity index (χ0v) is 15.1. The Hall–Kier alpha value is -1.12. The molecule has 1 aromatic rings. The van der Waals surface area contributed by atoms with E-state index < -0.39 is 9.84 Å². The fourth-order valence-electron chi connectivity index (χ4n) is 2.62. The van der Waals surface area contributed by atoms with Crippen molar-refractivity contribution in [2.24, 2.45) is 5.92 Å². The zero-order valence-electron chi connectivity index (χ0n) is 13.5. The van der Waals surface area contributed by atoms with Crippen LogP contribution in [0.1, 0.15) is 17.7 Å². The van der Waals surface area contributed by atoms with E-state index in [0.29, 0.717) is 12.5 Å². The molecule has 1 aliphatic heterocycles. The van der Waals surface area contributed by atoms with Crippen LogP contribution in [0.5, 0.6) is 0 Å². The van der Waals surface area contributed by atoms with Crippen molar-refractivity contribution in [3.8, 4) is 0 Å². The first-order valence-corrected chi connectivity index (χ1v) is 10.8. The normalized spacial score (nSPS) is 17.1. The number of urea groups is 1. The van der Waals surface area contributed by atoms with Crippen LogP contribution in [-0.4, -0.2) is 57.5 Å². The Bertz CT molecular complexity index is 579. The summed E-state index contributed by atoms with van der Waals surface area (Å²) in [5, 5.41) is 7.52. The molecule has 130 valence electrons. The molecule has 1 aliphatic rings. The second-order valence-electron chi connectivity index (χ2n) is 6.07. The summed E-state index contributed by atoms with van der Waals surface area (Å²) in [6.07, 6.45) is 3.32. The summed E-state index contributed by atoms with van der Waals surface area (Å²) in [6.45, 7) is 3.94. The summed E-state index contributed by atoms with van der Waals surface area (Å²) in [4.78, 5) is 15.5. The van der Waals surface area contributed by atoms with Gasteiger partial charge in [-0.1, -0.05) is 6.07 Å². The number of nitrogens with one attached hydrogen (secondary N) is 2. The number of nitrogens with zero attached hydrogens (tertiary/aromatic N) is 1. The van der Waals surface area contributed by atoms with Crippen LogP contribution in [0.15, 0.2) is 17.5 Å². The molecule has 0 saturated carbocycles. The van der Waals surface area contributed by atoms with Crippen LogP contribution in [0.2, 0.25) is 0 Å². The largest absolute Gasteiger partial charge is 0.338 e. The lowest BCUT2D eigenvalue weighted by atomic mass is 9.97. The van der Waals surface area contributed by atoms with E-state index in [1.54, 1.807) is 11.3 Å². The Morgan fingerprint density at radius 1 is 1.35 bits per heavy atom. The molecule has 1 fully saturated rings. The van der Waals surface area contributed by atoms with Gasteiger partial charge in [0.15, 0.2) is 0 Å². The number of hydrogen-bond acceptors (Lipinski definition) is 5. The lowest BCUT2D eigenvalue weighted by molar-refractivity contribution is 0.176. The number of thiophene rings is 1. The van der Waals surface area contributed by atoms with Crippen LogP contribution in [-0.2, 0) is 16.4 Å². The summed E-state index contributed by atoms with van der Waals surface area (Å²) in [7, 11) is -3.03. The van der Waals surface area contributed by atoms with Crippen molar-refractivity contribution in [1.29, 1.82) is 0 Å². The molecule has 6 nitrogen and oxygen atoms in total. The van der Waals surface area contributed by atoms with Gasteiger partial charge < -0.3 is 10.6 Å². The molecule has 0 unspecified atom stereocenters. The lowest BCUT2D eigenvalue weighted by Gasteiger charge is -2.31. The third kappa shape index (κ3) is 7.32. The second-order valence-corrected chi connectivity index (χ2v) is 9.36. The second kappa shape index (κ2) is 8.65. The molecule has 2 heterocycles. The molecule has 1 aromatic heterocycles. The van der Waals surface area contributed by atoms with Gasteiger partial charge in [0.2, 0.25) is 0 Å². The molecule has 0 radical (unpaired) electrons. The fourth-order valence-corrected chi connectivity index (χ4v) is 3.84. The molecule has 23 heavy (non-hydrogen) atoms. The van der Waals surface area contributed by atoms with Crippen molar-refractivity contribution in [3.63, 3.8) is 0 Å². The predicted octanol–water partition coefficient (Wildman–Crippen LogP) is 1.30. The molecule has 0 atom stereocenters. The van der Waals surface area contributed by atoms with E-state index >= 15 is 0 Å². The van der Waals surface area contributed by atoms with E-state index in [1.165, 1.54) is 4.88 Å². The van der Waals surface area contributed by atoms with E-state index in [0.717, 1.165) is 38.7 Å². The molecule has 0 spiro atoms. The quantitative estimate of drug-likeness (QED) is 0.769. The van der Waals surface area contributed by atoms with Gasteiger partial charge in [-0.25, -0.2) is 13.2 Å². The first-order chi connectivity index (χ1) is 10.9. The maximum atomic E-state index is 11.6. The number of sulfone groups is 1. The SMILES string of the molecule is CS(=O)(=O)CCNC(=O)NCC1CCN(Cc2cccs2)CC1. The van der Waals surface area contributed by atoms with E-state index in [9.17, 15) is 13.2 Å². The summed E-state index contributed by atoms with van der Waals surface area (Å²) in [6, 6.07) is 3.97. The maximum absolute atomic E-state index is 11.6. The van der Waals surface area contributed by atoms with Gasteiger partial charge in [0.05, 0.1) is 5.75 Å². The molecule has 0 aliphatic carbocycles. The van der Waals surface area contributed by atoms with E-state index in [2.05, 4.69) is 33.0 Å².